The molecule has 0 spiro atoms. The third-order valence-corrected chi connectivity index (χ3v) is 4.49. The Kier molecular flexibility index (Phi) is 5.64. The van der Waals surface area contributed by atoms with Crippen LogP contribution in [0.25, 0.3) is 0 Å². The standard InChI is InChI=1S/C20H16N6O4/c1-12-5-6-15(26(29)30)8-17(12)23-24-18-13(2)16(9-21)19(27)25(20(18)28)11-14-4-3-7-22-10-14/h3-8,10,27H,11H2,1-2H3. The summed E-state index contributed by atoms with van der Waals surface area (Å²) >= 11 is 0. The van der Waals surface area contributed by atoms with Crippen LogP contribution < -0.4 is 5.56 Å². The molecule has 0 atom stereocenters. The van der Waals surface area contributed by atoms with Gasteiger partial charge in [-0.05, 0) is 31.0 Å². The first-order valence-electron chi connectivity index (χ1n) is 8.75. The summed E-state index contributed by atoms with van der Waals surface area (Å²) in [7, 11) is 0. The lowest BCUT2D eigenvalue weighted by atomic mass is 10.1. The molecule has 150 valence electrons. The van der Waals surface area contributed by atoms with Gasteiger partial charge in [-0.2, -0.15) is 5.26 Å². The molecule has 3 rings (SSSR count). The van der Waals surface area contributed by atoms with Gasteiger partial charge in [-0.25, -0.2) is 0 Å². The number of rotatable bonds is 5. The minimum atomic E-state index is -0.653. The minimum absolute atomic E-state index is 0.0220. The Hall–Kier alpha value is -4.39. The third-order valence-electron chi connectivity index (χ3n) is 4.49. The Morgan fingerprint density at radius 3 is 2.70 bits per heavy atom. The Labute approximate surface area is 170 Å². The molecule has 2 aromatic heterocycles. The number of benzene rings is 1. The van der Waals surface area contributed by atoms with Crippen LogP contribution in [0.15, 0.2) is 57.7 Å². The number of aryl methyl sites for hydroxylation is 1. The van der Waals surface area contributed by atoms with Crippen molar-refractivity contribution in [2.24, 2.45) is 10.2 Å². The van der Waals surface area contributed by atoms with Crippen LogP contribution in [0.5, 0.6) is 5.88 Å². The predicted octanol–water partition coefficient (Wildman–Crippen LogP) is 3.81. The van der Waals surface area contributed by atoms with E-state index in [0.29, 0.717) is 11.1 Å². The molecule has 0 saturated carbocycles. The zero-order valence-corrected chi connectivity index (χ0v) is 16.1. The van der Waals surface area contributed by atoms with Crippen molar-refractivity contribution in [2.75, 3.05) is 0 Å². The number of aromatic hydroxyl groups is 1. The maximum atomic E-state index is 13.0. The molecule has 10 heteroatoms. The molecule has 0 unspecified atom stereocenters. The monoisotopic (exact) mass is 404 g/mol. The number of pyridine rings is 2. The normalized spacial score (nSPS) is 10.8. The quantitative estimate of drug-likeness (QED) is 0.388. The Bertz CT molecular complexity index is 1260. The van der Waals surface area contributed by atoms with Crippen molar-refractivity contribution in [3.63, 3.8) is 0 Å². The average Bonchev–Trinajstić information content (AvgIpc) is 2.73. The second-order valence-electron chi connectivity index (χ2n) is 6.46. The van der Waals surface area contributed by atoms with E-state index in [4.69, 9.17) is 0 Å². The smallest absolute Gasteiger partial charge is 0.281 e. The van der Waals surface area contributed by atoms with Crippen molar-refractivity contribution in [3.8, 4) is 11.9 Å². The summed E-state index contributed by atoms with van der Waals surface area (Å²) in [4.78, 5) is 27.4. The first-order chi connectivity index (χ1) is 14.3. The largest absolute Gasteiger partial charge is 0.493 e. The highest BCUT2D eigenvalue weighted by Crippen LogP contribution is 2.29. The van der Waals surface area contributed by atoms with Gasteiger partial charge in [0.25, 0.3) is 11.2 Å². The molecule has 0 radical (unpaired) electrons. The summed E-state index contributed by atoms with van der Waals surface area (Å²) in [6, 6.07) is 9.39. The molecular weight excluding hydrogens is 388 g/mol. The fourth-order valence-corrected chi connectivity index (χ4v) is 2.80. The number of aromatic nitrogens is 2. The molecule has 0 bridgehead atoms. The van der Waals surface area contributed by atoms with Crippen LogP contribution in [0, 0.1) is 35.3 Å². The van der Waals surface area contributed by atoms with E-state index < -0.39 is 16.4 Å². The molecule has 0 amide bonds. The van der Waals surface area contributed by atoms with Gasteiger partial charge in [-0.1, -0.05) is 12.1 Å². The lowest BCUT2D eigenvalue weighted by Gasteiger charge is -2.13. The van der Waals surface area contributed by atoms with E-state index >= 15 is 0 Å². The van der Waals surface area contributed by atoms with E-state index in [1.807, 2.05) is 6.07 Å². The second kappa shape index (κ2) is 8.32. The summed E-state index contributed by atoms with van der Waals surface area (Å²) < 4.78 is 1.01. The van der Waals surface area contributed by atoms with Crippen LogP contribution >= 0.6 is 0 Å². The highest BCUT2D eigenvalue weighted by Gasteiger charge is 2.19. The molecular formula is C20H16N6O4. The molecule has 2 heterocycles. The maximum absolute atomic E-state index is 13.0. The van der Waals surface area contributed by atoms with Crippen LogP contribution in [-0.2, 0) is 6.54 Å². The lowest BCUT2D eigenvalue weighted by molar-refractivity contribution is -0.384. The maximum Gasteiger partial charge on any atom is 0.281 e. The summed E-state index contributed by atoms with van der Waals surface area (Å²) in [5, 5.41) is 38.9. The van der Waals surface area contributed by atoms with E-state index in [2.05, 4.69) is 15.2 Å². The Morgan fingerprint density at radius 2 is 2.07 bits per heavy atom. The van der Waals surface area contributed by atoms with Crippen molar-refractivity contribution < 1.29 is 10.0 Å². The number of nitro benzene ring substituents is 1. The van der Waals surface area contributed by atoms with E-state index in [0.717, 1.165) is 4.57 Å². The van der Waals surface area contributed by atoms with Gasteiger partial charge in [0.15, 0.2) is 5.69 Å². The van der Waals surface area contributed by atoms with Crippen LogP contribution in [0.4, 0.5) is 17.1 Å². The number of non-ortho nitro benzene ring substituents is 1. The minimum Gasteiger partial charge on any atom is -0.493 e. The highest BCUT2D eigenvalue weighted by atomic mass is 16.6. The molecule has 0 aliphatic heterocycles. The number of nitro groups is 1. The van der Waals surface area contributed by atoms with Gasteiger partial charge in [0.1, 0.15) is 11.6 Å². The third kappa shape index (κ3) is 3.90. The molecule has 0 fully saturated rings. The van der Waals surface area contributed by atoms with E-state index in [1.54, 1.807) is 25.3 Å². The molecule has 3 aromatic rings. The summed E-state index contributed by atoms with van der Waals surface area (Å²) in [5.41, 5.74) is 0.574. The highest BCUT2D eigenvalue weighted by molar-refractivity contribution is 5.58. The molecule has 0 saturated heterocycles. The van der Waals surface area contributed by atoms with Crippen molar-refractivity contribution in [1.82, 2.24) is 9.55 Å². The Balaban J connectivity index is 2.14. The fourth-order valence-electron chi connectivity index (χ4n) is 2.80. The SMILES string of the molecule is Cc1ccc([N+](=O)[O-])cc1N=Nc1c(C)c(C#N)c(O)n(Cc2cccnc2)c1=O. The summed E-state index contributed by atoms with van der Waals surface area (Å²) in [6.07, 6.45) is 3.11. The molecule has 30 heavy (non-hydrogen) atoms. The van der Waals surface area contributed by atoms with Crippen LogP contribution in [-0.4, -0.2) is 19.6 Å². The van der Waals surface area contributed by atoms with Gasteiger partial charge in [0.2, 0.25) is 5.88 Å². The van der Waals surface area contributed by atoms with E-state index in [1.165, 1.54) is 31.3 Å². The number of hydrogen-bond donors (Lipinski definition) is 1. The number of hydrogen-bond acceptors (Lipinski definition) is 8. The van der Waals surface area contributed by atoms with Crippen molar-refractivity contribution in [3.05, 3.63) is 85.4 Å². The van der Waals surface area contributed by atoms with Gasteiger partial charge in [0, 0.05) is 30.1 Å². The number of nitriles is 1. The average molecular weight is 404 g/mol. The molecule has 0 aliphatic carbocycles. The molecule has 10 nitrogen and oxygen atoms in total. The zero-order valence-electron chi connectivity index (χ0n) is 16.1. The molecule has 0 aliphatic rings. The number of azo groups is 1. The predicted molar refractivity (Wildman–Crippen MR) is 107 cm³/mol. The van der Waals surface area contributed by atoms with Crippen LogP contribution in [0.1, 0.15) is 22.3 Å². The lowest BCUT2D eigenvalue weighted by Crippen LogP contribution is -2.22. The van der Waals surface area contributed by atoms with Gasteiger partial charge in [-0.3, -0.25) is 24.5 Å². The van der Waals surface area contributed by atoms with Gasteiger partial charge in [0.05, 0.1) is 17.2 Å². The van der Waals surface area contributed by atoms with Gasteiger partial charge >= 0.3 is 0 Å². The molecule has 1 aromatic carbocycles. The van der Waals surface area contributed by atoms with Gasteiger partial charge in [-0.15, -0.1) is 10.2 Å². The van der Waals surface area contributed by atoms with Crippen LogP contribution in [0.3, 0.4) is 0 Å². The van der Waals surface area contributed by atoms with Gasteiger partial charge < -0.3 is 5.11 Å². The van der Waals surface area contributed by atoms with Crippen molar-refractivity contribution in [2.45, 2.75) is 20.4 Å². The summed E-state index contributed by atoms with van der Waals surface area (Å²) in [6.45, 7) is 3.15. The number of nitrogens with zero attached hydrogens (tertiary/aromatic N) is 6. The first-order valence-corrected chi connectivity index (χ1v) is 8.75. The first kappa shape index (κ1) is 20.3. The van der Waals surface area contributed by atoms with Crippen LogP contribution in [0.2, 0.25) is 0 Å². The van der Waals surface area contributed by atoms with Crippen molar-refractivity contribution in [1.29, 1.82) is 5.26 Å². The fraction of sp³-hybridized carbons (Fsp3) is 0.150. The molecule has 1 N–H and O–H groups in total. The summed E-state index contributed by atoms with van der Waals surface area (Å²) in [5.74, 6) is -0.477. The second-order valence-corrected chi connectivity index (χ2v) is 6.46. The zero-order chi connectivity index (χ0) is 21.8. The topological polar surface area (TPSA) is 147 Å². The van der Waals surface area contributed by atoms with E-state index in [9.17, 15) is 25.3 Å². The van der Waals surface area contributed by atoms with E-state index in [-0.39, 0.29) is 34.7 Å². The van der Waals surface area contributed by atoms with Crippen molar-refractivity contribution >= 4 is 17.1 Å². The Morgan fingerprint density at radius 1 is 1.30 bits per heavy atom.